The number of rotatable bonds is 7. The highest BCUT2D eigenvalue weighted by Crippen LogP contribution is 2.28. The first-order valence-electron chi connectivity index (χ1n) is 7.60. The van der Waals surface area contributed by atoms with E-state index >= 15 is 0 Å². The third-order valence-electron chi connectivity index (χ3n) is 4.08. The Morgan fingerprint density at radius 3 is 2.50 bits per heavy atom. The van der Waals surface area contributed by atoms with Crippen LogP contribution in [-0.4, -0.2) is 36.5 Å². The third-order valence-corrected chi connectivity index (χ3v) is 4.08. The SMILES string of the molecule is C=CCNC(=O)C1(NCC(=O)NC2CC2)CCCCC1. The molecule has 0 spiro atoms. The highest BCUT2D eigenvalue weighted by Gasteiger charge is 2.39. The van der Waals surface area contributed by atoms with E-state index in [1.807, 2.05) is 0 Å². The molecule has 0 unspecified atom stereocenters. The van der Waals surface area contributed by atoms with Crippen molar-refractivity contribution >= 4 is 11.8 Å². The second kappa shape index (κ2) is 6.88. The van der Waals surface area contributed by atoms with Gasteiger partial charge in [-0.2, -0.15) is 0 Å². The minimum Gasteiger partial charge on any atom is -0.352 e. The van der Waals surface area contributed by atoms with Gasteiger partial charge in [0.25, 0.3) is 0 Å². The lowest BCUT2D eigenvalue weighted by atomic mass is 9.80. The standard InChI is InChI=1S/C15H25N3O2/c1-2-10-16-14(20)15(8-4-3-5-9-15)17-11-13(19)18-12-6-7-12/h2,12,17H,1,3-11H2,(H,16,20)(H,18,19). The number of carbonyl (C=O) groups excluding carboxylic acids is 2. The van der Waals surface area contributed by atoms with Gasteiger partial charge < -0.3 is 10.6 Å². The van der Waals surface area contributed by atoms with Crippen LogP contribution in [0.15, 0.2) is 12.7 Å². The highest BCUT2D eigenvalue weighted by atomic mass is 16.2. The number of amides is 2. The van der Waals surface area contributed by atoms with Gasteiger partial charge in [-0.1, -0.05) is 25.3 Å². The smallest absolute Gasteiger partial charge is 0.240 e. The van der Waals surface area contributed by atoms with Crippen molar-refractivity contribution < 1.29 is 9.59 Å². The molecule has 5 heteroatoms. The highest BCUT2D eigenvalue weighted by molar-refractivity contribution is 5.87. The van der Waals surface area contributed by atoms with Crippen molar-refractivity contribution in [1.29, 1.82) is 0 Å². The van der Waals surface area contributed by atoms with Crippen LogP contribution in [0.2, 0.25) is 0 Å². The second-order valence-electron chi connectivity index (χ2n) is 5.84. The fraction of sp³-hybridized carbons (Fsp3) is 0.733. The minimum absolute atomic E-state index is 0.00341. The van der Waals surface area contributed by atoms with Gasteiger partial charge >= 0.3 is 0 Å². The third kappa shape index (κ3) is 4.07. The molecule has 0 aromatic carbocycles. The molecule has 3 N–H and O–H groups in total. The molecule has 0 saturated heterocycles. The van der Waals surface area contributed by atoms with Crippen LogP contribution in [0, 0.1) is 0 Å². The van der Waals surface area contributed by atoms with E-state index in [2.05, 4.69) is 22.5 Å². The van der Waals surface area contributed by atoms with Gasteiger partial charge in [0.2, 0.25) is 11.8 Å². The molecule has 2 aliphatic rings. The van der Waals surface area contributed by atoms with Crippen LogP contribution >= 0.6 is 0 Å². The van der Waals surface area contributed by atoms with Crippen molar-refractivity contribution in [2.75, 3.05) is 13.1 Å². The number of hydrogen-bond donors (Lipinski definition) is 3. The second-order valence-corrected chi connectivity index (χ2v) is 5.84. The molecule has 0 radical (unpaired) electrons. The Balaban J connectivity index is 1.89. The van der Waals surface area contributed by atoms with Crippen molar-refractivity contribution in [3.63, 3.8) is 0 Å². The summed E-state index contributed by atoms with van der Waals surface area (Å²) < 4.78 is 0. The molecule has 2 rings (SSSR count). The van der Waals surface area contributed by atoms with Gasteiger partial charge in [-0.3, -0.25) is 14.9 Å². The Morgan fingerprint density at radius 2 is 1.90 bits per heavy atom. The molecule has 0 aromatic rings. The summed E-state index contributed by atoms with van der Waals surface area (Å²) in [6, 6.07) is 0.362. The maximum absolute atomic E-state index is 12.4. The Morgan fingerprint density at radius 1 is 1.20 bits per heavy atom. The predicted octanol–water partition coefficient (Wildman–Crippen LogP) is 0.860. The molecule has 0 atom stereocenters. The van der Waals surface area contributed by atoms with Crippen LogP contribution in [0.1, 0.15) is 44.9 Å². The van der Waals surface area contributed by atoms with Gasteiger partial charge in [0.05, 0.1) is 12.1 Å². The maximum Gasteiger partial charge on any atom is 0.240 e. The summed E-state index contributed by atoms with van der Waals surface area (Å²) in [5.41, 5.74) is -0.581. The lowest BCUT2D eigenvalue weighted by Gasteiger charge is -2.36. The van der Waals surface area contributed by atoms with Crippen molar-refractivity contribution in [3.8, 4) is 0 Å². The van der Waals surface area contributed by atoms with Crippen LogP contribution in [-0.2, 0) is 9.59 Å². The van der Waals surface area contributed by atoms with Crippen LogP contribution in [0.5, 0.6) is 0 Å². The summed E-state index contributed by atoms with van der Waals surface area (Å²) in [5.74, 6) is -0.00899. The molecule has 0 aliphatic heterocycles. The molecule has 0 aromatic heterocycles. The van der Waals surface area contributed by atoms with E-state index in [0.717, 1.165) is 44.9 Å². The molecule has 112 valence electrons. The molecule has 20 heavy (non-hydrogen) atoms. The van der Waals surface area contributed by atoms with E-state index in [-0.39, 0.29) is 18.4 Å². The lowest BCUT2D eigenvalue weighted by molar-refractivity contribution is -0.129. The normalized spacial score (nSPS) is 21.0. The maximum atomic E-state index is 12.4. The molecule has 5 nitrogen and oxygen atoms in total. The molecule has 0 heterocycles. The van der Waals surface area contributed by atoms with Gasteiger partial charge in [-0.05, 0) is 25.7 Å². The minimum atomic E-state index is -0.581. The summed E-state index contributed by atoms with van der Waals surface area (Å²) in [6.07, 6.45) is 8.64. The quantitative estimate of drug-likeness (QED) is 0.605. The van der Waals surface area contributed by atoms with E-state index in [1.54, 1.807) is 6.08 Å². The first kappa shape index (κ1) is 15.0. The van der Waals surface area contributed by atoms with E-state index < -0.39 is 5.54 Å². The average molecular weight is 279 g/mol. The number of carbonyl (C=O) groups is 2. The number of nitrogens with one attached hydrogen (secondary N) is 3. The molecular weight excluding hydrogens is 254 g/mol. The molecular formula is C15H25N3O2. The zero-order chi connectivity index (χ0) is 14.4. The van der Waals surface area contributed by atoms with E-state index in [9.17, 15) is 9.59 Å². The van der Waals surface area contributed by atoms with Gasteiger partial charge in [0.15, 0.2) is 0 Å². The largest absolute Gasteiger partial charge is 0.352 e. The summed E-state index contributed by atoms with van der Waals surface area (Å²) in [4.78, 5) is 24.2. The summed E-state index contributed by atoms with van der Waals surface area (Å²) in [7, 11) is 0. The van der Waals surface area contributed by atoms with Crippen LogP contribution < -0.4 is 16.0 Å². The van der Waals surface area contributed by atoms with Crippen LogP contribution in [0.4, 0.5) is 0 Å². The Labute approximate surface area is 120 Å². The predicted molar refractivity (Wildman–Crippen MR) is 78.2 cm³/mol. The van der Waals surface area contributed by atoms with Crippen molar-refractivity contribution in [2.24, 2.45) is 0 Å². The molecule has 2 amide bonds. The van der Waals surface area contributed by atoms with E-state index in [4.69, 9.17) is 0 Å². The van der Waals surface area contributed by atoms with E-state index in [0.29, 0.717) is 12.6 Å². The molecule has 2 aliphatic carbocycles. The molecule has 0 bridgehead atoms. The summed E-state index contributed by atoms with van der Waals surface area (Å²) >= 11 is 0. The Hall–Kier alpha value is -1.36. The zero-order valence-electron chi connectivity index (χ0n) is 12.0. The average Bonchev–Trinajstić information content (AvgIpc) is 3.27. The van der Waals surface area contributed by atoms with Gasteiger partial charge in [-0.25, -0.2) is 0 Å². The van der Waals surface area contributed by atoms with E-state index in [1.165, 1.54) is 0 Å². The molecule has 2 fully saturated rings. The van der Waals surface area contributed by atoms with Crippen molar-refractivity contribution in [3.05, 3.63) is 12.7 Å². The fourth-order valence-electron chi connectivity index (χ4n) is 2.73. The van der Waals surface area contributed by atoms with Crippen molar-refractivity contribution in [1.82, 2.24) is 16.0 Å². The first-order valence-corrected chi connectivity index (χ1v) is 7.60. The first-order chi connectivity index (χ1) is 9.66. The zero-order valence-corrected chi connectivity index (χ0v) is 12.0. The topological polar surface area (TPSA) is 70.2 Å². The molecule has 2 saturated carbocycles. The fourth-order valence-corrected chi connectivity index (χ4v) is 2.73. The van der Waals surface area contributed by atoms with Crippen molar-refractivity contribution in [2.45, 2.75) is 56.5 Å². The Bertz CT molecular complexity index is 371. The summed E-state index contributed by atoms with van der Waals surface area (Å²) in [6.45, 7) is 4.30. The summed E-state index contributed by atoms with van der Waals surface area (Å²) in [5, 5.41) is 9.03. The lowest BCUT2D eigenvalue weighted by Crippen LogP contribution is -2.59. The van der Waals surface area contributed by atoms with Gasteiger partial charge in [0.1, 0.15) is 0 Å². The monoisotopic (exact) mass is 279 g/mol. The van der Waals surface area contributed by atoms with Crippen LogP contribution in [0.25, 0.3) is 0 Å². The Kier molecular flexibility index (Phi) is 5.17. The van der Waals surface area contributed by atoms with Gasteiger partial charge in [0, 0.05) is 12.6 Å². The van der Waals surface area contributed by atoms with Crippen LogP contribution in [0.3, 0.4) is 0 Å². The van der Waals surface area contributed by atoms with Gasteiger partial charge in [-0.15, -0.1) is 6.58 Å². The number of hydrogen-bond acceptors (Lipinski definition) is 3.